The van der Waals surface area contributed by atoms with Crippen LogP contribution in [0.5, 0.6) is 0 Å². The van der Waals surface area contributed by atoms with E-state index in [1.54, 1.807) is 0 Å². The van der Waals surface area contributed by atoms with E-state index in [1.807, 2.05) is 21.6 Å². The summed E-state index contributed by atoms with van der Waals surface area (Å²) in [5.41, 5.74) is 2.12. The third kappa shape index (κ3) is 4.41. The van der Waals surface area contributed by atoms with Crippen LogP contribution in [0.25, 0.3) is 0 Å². The second kappa shape index (κ2) is 7.73. The van der Waals surface area contributed by atoms with Crippen molar-refractivity contribution >= 4 is 32.1 Å². The highest BCUT2D eigenvalue weighted by Crippen LogP contribution is 2.43. The van der Waals surface area contributed by atoms with Crippen molar-refractivity contribution in [3.8, 4) is 0 Å². The molecule has 0 aliphatic carbocycles. The second-order valence-electron chi connectivity index (χ2n) is 6.22. The summed E-state index contributed by atoms with van der Waals surface area (Å²) in [5, 5.41) is 0. The van der Waals surface area contributed by atoms with Crippen LogP contribution < -0.4 is 0 Å². The molecular formula is C18H24OS2Si. The minimum atomic E-state index is -0.350. The molecule has 0 unspecified atom stereocenters. The summed E-state index contributed by atoms with van der Waals surface area (Å²) in [5.74, 6) is 0.909. The quantitative estimate of drug-likeness (QED) is 0.565. The first-order valence-corrected chi connectivity index (χ1v) is 10.6. The monoisotopic (exact) mass is 348 g/mol. The van der Waals surface area contributed by atoms with Gasteiger partial charge in [-0.1, -0.05) is 103 Å². The van der Waals surface area contributed by atoms with Crippen LogP contribution in [0.15, 0.2) is 60.7 Å². The van der Waals surface area contributed by atoms with Gasteiger partial charge in [0, 0.05) is 10.5 Å². The summed E-state index contributed by atoms with van der Waals surface area (Å²) in [6.07, 6.45) is 0. The normalized spacial score (nSPS) is 12.5. The molecule has 22 heavy (non-hydrogen) atoms. The minimum absolute atomic E-state index is 0.245. The van der Waals surface area contributed by atoms with Gasteiger partial charge in [0.05, 0.1) is 0 Å². The predicted octanol–water partition coefficient (Wildman–Crippen LogP) is 4.41. The highest BCUT2D eigenvalue weighted by Gasteiger charge is 2.34. The highest BCUT2D eigenvalue weighted by atomic mass is 33.1. The number of benzene rings is 2. The molecule has 0 spiro atoms. The van der Waals surface area contributed by atoms with E-state index in [0.29, 0.717) is 10.5 Å². The molecule has 2 aromatic rings. The maximum atomic E-state index is 6.23. The molecule has 0 N–H and O–H groups in total. The van der Waals surface area contributed by atoms with Crippen LogP contribution in [0.2, 0.25) is 0 Å². The third-order valence-electron chi connectivity index (χ3n) is 3.40. The molecular weight excluding hydrogens is 324 g/mol. The Balaban J connectivity index is 2.35. The third-order valence-corrected chi connectivity index (χ3v) is 7.45. The van der Waals surface area contributed by atoms with Crippen LogP contribution in [-0.2, 0) is 10.0 Å². The Morgan fingerprint density at radius 1 is 0.864 bits per heavy atom. The fourth-order valence-electron chi connectivity index (χ4n) is 2.33. The largest absolute Gasteiger partial charge is 0.414 e. The Kier molecular flexibility index (Phi) is 6.21. The molecule has 1 nitrogen and oxygen atoms in total. The van der Waals surface area contributed by atoms with E-state index in [1.165, 1.54) is 11.1 Å². The smallest absolute Gasteiger partial charge is 0.147 e. The fourth-order valence-corrected chi connectivity index (χ4v) is 5.92. The second-order valence-corrected chi connectivity index (χ2v) is 9.75. The predicted molar refractivity (Wildman–Crippen MR) is 104 cm³/mol. The fraction of sp³-hybridized carbons (Fsp3) is 0.333. The van der Waals surface area contributed by atoms with Gasteiger partial charge in [-0.05, 0) is 11.1 Å². The van der Waals surface area contributed by atoms with Crippen molar-refractivity contribution in [3.05, 3.63) is 71.8 Å². The maximum Gasteiger partial charge on any atom is 0.147 e. The first-order valence-electron chi connectivity index (χ1n) is 7.45. The van der Waals surface area contributed by atoms with Gasteiger partial charge >= 0.3 is 0 Å². The Labute approximate surface area is 145 Å². The van der Waals surface area contributed by atoms with Crippen molar-refractivity contribution < 1.29 is 4.43 Å². The van der Waals surface area contributed by atoms with E-state index in [9.17, 15) is 0 Å². The number of hydrogen-bond donors (Lipinski definition) is 0. The summed E-state index contributed by atoms with van der Waals surface area (Å²) < 4.78 is 6.47. The Hall–Kier alpha value is -0.683. The average molecular weight is 349 g/mol. The van der Waals surface area contributed by atoms with Crippen molar-refractivity contribution in [2.45, 2.75) is 31.1 Å². The van der Waals surface area contributed by atoms with Gasteiger partial charge in [-0.2, -0.15) is 0 Å². The van der Waals surface area contributed by atoms with E-state index in [2.05, 4.69) is 81.4 Å². The van der Waals surface area contributed by atoms with Crippen LogP contribution in [0, 0.1) is 0 Å². The Morgan fingerprint density at radius 2 is 1.32 bits per heavy atom. The zero-order chi connectivity index (χ0) is 16.1. The van der Waals surface area contributed by atoms with Crippen LogP contribution in [0.3, 0.4) is 0 Å². The molecule has 0 atom stereocenters. The maximum absolute atomic E-state index is 6.23. The van der Waals surface area contributed by atoms with Crippen LogP contribution in [0.1, 0.15) is 31.9 Å². The van der Waals surface area contributed by atoms with E-state index < -0.39 is 0 Å². The van der Waals surface area contributed by atoms with Crippen molar-refractivity contribution in [1.29, 1.82) is 0 Å². The minimum Gasteiger partial charge on any atom is -0.414 e. The highest BCUT2D eigenvalue weighted by molar-refractivity contribution is 8.77. The zero-order valence-corrected chi connectivity index (χ0v) is 17.3. The summed E-state index contributed by atoms with van der Waals surface area (Å²) in [7, 11) is 4.51. The van der Waals surface area contributed by atoms with Crippen molar-refractivity contribution in [1.82, 2.24) is 0 Å². The number of rotatable bonds is 6. The topological polar surface area (TPSA) is 9.23 Å². The number of hydrogen-bond acceptors (Lipinski definition) is 3. The molecule has 0 heterocycles. The van der Waals surface area contributed by atoms with E-state index >= 15 is 0 Å². The summed E-state index contributed by atoms with van der Waals surface area (Å²) >= 11 is 0. The average Bonchev–Trinajstić information content (AvgIpc) is 2.52. The van der Waals surface area contributed by atoms with Gasteiger partial charge in [-0.3, -0.25) is 0 Å². The molecule has 0 radical (unpaired) electrons. The lowest BCUT2D eigenvalue weighted by molar-refractivity contribution is 0.154. The molecule has 0 fully saturated rings. The molecule has 0 saturated heterocycles. The van der Waals surface area contributed by atoms with Gasteiger partial charge in [0.15, 0.2) is 0 Å². The molecule has 0 aromatic heterocycles. The van der Waals surface area contributed by atoms with Crippen molar-refractivity contribution in [3.63, 3.8) is 0 Å². The molecule has 2 aromatic carbocycles. The first-order chi connectivity index (χ1) is 10.5. The van der Waals surface area contributed by atoms with Gasteiger partial charge in [0.1, 0.15) is 16.1 Å². The zero-order valence-electron chi connectivity index (χ0n) is 13.7. The lowest BCUT2D eigenvalue weighted by Gasteiger charge is -2.34. The lowest BCUT2D eigenvalue weighted by Crippen LogP contribution is -2.33. The van der Waals surface area contributed by atoms with Crippen molar-refractivity contribution in [2.24, 2.45) is 0 Å². The van der Waals surface area contributed by atoms with Gasteiger partial charge in [0.25, 0.3) is 0 Å². The van der Waals surface area contributed by atoms with Gasteiger partial charge < -0.3 is 4.43 Å². The summed E-state index contributed by atoms with van der Waals surface area (Å²) in [4.78, 5) is 0. The SMILES string of the molecule is CC(C)(C)SSCC(O[SiH3])(c1ccccc1)c1ccccc1. The molecule has 0 aliphatic rings. The van der Waals surface area contributed by atoms with Gasteiger partial charge in [0.2, 0.25) is 0 Å². The lowest BCUT2D eigenvalue weighted by atomic mass is 9.88. The molecule has 0 amide bonds. The Morgan fingerprint density at radius 3 is 1.68 bits per heavy atom. The molecule has 0 aliphatic heterocycles. The van der Waals surface area contributed by atoms with Crippen LogP contribution in [-0.4, -0.2) is 21.0 Å². The van der Waals surface area contributed by atoms with Crippen LogP contribution in [0.4, 0.5) is 0 Å². The van der Waals surface area contributed by atoms with Crippen LogP contribution >= 0.6 is 21.6 Å². The van der Waals surface area contributed by atoms with Crippen molar-refractivity contribution in [2.75, 3.05) is 5.75 Å². The molecule has 118 valence electrons. The standard InChI is InChI=1S/C18H24OS2Si/c1-17(2,3)21-20-14-18(19-22,15-10-6-4-7-11-15)16-12-8-5-9-13-16/h4-13H,14H2,1-3,22H3. The summed E-state index contributed by atoms with van der Waals surface area (Å²) in [6.45, 7) is 6.75. The molecule has 0 bridgehead atoms. The first kappa shape index (κ1) is 17.7. The summed E-state index contributed by atoms with van der Waals surface area (Å²) in [6, 6.07) is 21.2. The molecule has 0 saturated carbocycles. The molecule has 4 heteroatoms. The van der Waals surface area contributed by atoms with E-state index in [0.717, 1.165) is 5.75 Å². The Bertz CT molecular complexity index is 527. The van der Waals surface area contributed by atoms with E-state index in [-0.39, 0.29) is 10.3 Å². The van der Waals surface area contributed by atoms with E-state index in [4.69, 9.17) is 4.43 Å². The van der Waals surface area contributed by atoms with Gasteiger partial charge in [-0.25, -0.2) is 0 Å². The molecule has 2 rings (SSSR count). The van der Waals surface area contributed by atoms with Gasteiger partial charge in [-0.15, -0.1) is 0 Å².